The lowest BCUT2D eigenvalue weighted by Gasteiger charge is -2.13. The fourth-order valence-corrected chi connectivity index (χ4v) is 2.06. The van der Waals surface area contributed by atoms with Crippen LogP contribution in [0.15, 0.2) is 36.4 Å². The molecule has 0 unspecified atom stereocenters. The highest BCUT2D eigenvalue weighted by Crippen LogP contribution is 2.38. The number of carbonyl (C=O) groups is 1. The van der Waals surface area contributed by atoms with Crippen molar-refractivity contribution in [2.45, 2.75) is 0 Å². The zero-order valence-corrected chi connectivity index (χ0v) is 13.4. The van der Waals surface area contributed by atoms with E-state index < -0.39 is 0 Å². The summed E-state index contributed by atoms with van der Waals surface area (Å²) in [6.45, 7) is 0. The number of rotatable bonds is 5. The Morgan fingerprint density at radius 3 is 1.95 bits per heavy atom. The van der Waals surface area contributed by atoms with Gasteiger partial charge < -0.3 is 19.9 Å². The van der Waals surface area contributed by atoms with Crippen LogP contribution in [-0.4, -0.2) is 27.1 Å². The lowest BCUT2D eigenvalue weighted by molar-refractivity contribution is 0.103. The maximum atomic E-state index is 12.5. The minimum Gasteiger partial charge on any atom is -0.493 e. The molecule has 0 aliphatic carbocycles. The van der Waals surface area contributed by atoms with E-state index >= 15 is 0 Å². The third kappa shape index (κ3) is 3.43. The molecule has 0 fully saturated rings. The Balaban J connectivity index is 0.00000242. The van der Waals surface area contributed by atoms with Crippen molar-refractivity contribution in [2.75, 3.05) is 27.1 Å². The zero-order chi connectivity index (χ0) is 15.4. The molecule has 0 heterocycles. The molecule has 0 aliphatic rings. The first-order chi connectivity index (χ1) is 10.1. The van der Waals surface area contributed by atoms with Crippen molar-refractivity contribution in [1.29, 1.82) is 0 Å². The third-order valence-corrected chi connectivity index (χ3v) is 3.08. The molecule has 0 radical (unpaired) electrons. The lowest BCUT2D eigenvalue weighted by Crippen LogP contribution is -2.04. The minimum atomic E-state index is -0.165. The number of nitrogens with two attached hydrogens (primary N) is 1. The van der Waals surface area contributed by atoms with Gasteiger partial charge in [-0.3, -0.25) is 4.79 Å². The molecule has 0 spiro atoms. The summed E-state index contributed by atoms with van der Waals surface area (Å²) in [5.41, 5.74) is 7.19. The standard InChI is InChI=1S/C16H17NO4.ClH/c1-19-13-8-11(9-14(20-2)16(13)21-3)15(18)10-5-4-6-12(17)7-10;/h4-9H,17H2,1-3H3;1H. The largest absolute Gasteiger partial charge is 0.493 e. The normalized spacial score (nSPS) is 9.59. The molecule has 2 aromatic rings. The van der Waals surface area contributed by atoms with Crippen molar-refractivity contribution >= 4 is 23.9 Å². The molecule has 2 aromatic carbocycles. The maximum absolute atomic E-state index is 12.5. The van der Waals surface area contributed by atoms with Crippen LogP contribution in [0, 0.1) is 0 Å². The van der Waals surface area contributed by atoms with Crippen LogP contribution in [0.2, 0.25) is 0 Å². The van der Waals surface area contributed by atoms with Gasteiger partial charge in [0.1, 0.15) is 0 Å². The number of anilines is 1. The summed E-state index contributed by atoms with van der Waals surface area (Å²) < 4.78 is 15.7. The van der Waals surface area contributed by atoms with E-state index in [1.807, 2.05) is 0 Å². The summed E-state index contributed by atoms with van der Waals surface area (Å²) in [7, 11) is 4.53. The second-order valence-electron chi connectivity index (χ2n) is 4.37. The van der Waals surface area contributed by atoms with Crippen molar-refractivity contribution < 1.29 is 19.0 Å². The molecule has 0 amide bonds. The average molecular weight is 324 g/mol. The molecule has 118 valence electrons. The first-order valence-electron chi connectivity index (χ1n) is 6.31. The first kappa shape index (κ1) is 17.7. The average Bonchev–Trinajstić information content (AvgIpc) is 2.52. The van der Waals surface area contributed by atoms with E-state index in [0.717, 1.165) is 0 Å². The predicted octanol–water partition coefficient (Wildman–Crippen LogP) is 2.95. The van der Waals surface area contributed by atoms with Crippen LogP contribution in [0.1, 0.15) is 15.9 Å². The quantitative estimate of drug-likeness (QED) is 0.676. The van der Waals surface area contributed by atoms with Crippen LogP contribution >= 0.6 is 12.4 Å². The summed E-state index contributed by atoms with van der Waals surface area (Å²) in [5, 5.41) is 0. The molecule has 0 saturated carbocycles. The lowest BCUT2D eigenvalue weighted by atomic mass is 10.0. The fraction of sp³-hybridized carbons (Fsp3) is 0.188. The molecule has 0 saturated heterocycles. The Bertz CT molecular complexity index is 648. The van der Waals surface area contributed by atoms with Gasteiger partial charge in [0, 0.05) is 16.8 Å². The Kier molecular flexibility index (Phi) is 6.07. The molecule has 0 aliphatic heterocycles. The molecular weight excluding hydrogens is 306 g/mol. The highest BCUT2D eigenvalue weighted by atomic mass is 35.5. The smallest absolute Gasteiger partial charge is 0.203 e. The van der Waals surface area contributed by atoms with E-state index in [1.54, 1.807) is 36.4 Å². The van der Waals surface area contributed by atoms with Crippen LogP contribution in [0.25, 0.3) is 0 Å². The van der Waals surface area contributed by atoms with Gasteiger partial charge in [0.25, 0.3) is 0 Å². The van der Waals surface area contributed by atoms with E-state index in [1.165, 1.54) is 21.3 Å². The topological polar surface area (TPSA) is 70.8 Å². The van der Waals surface area contributed by atoms with E-state index in [9.17, 15) is 4.79 Å². The van der Waals surface area contributed by atoms with Crippen LogP contribution < -0.4 is 19.9 Å². The van der Waals surface area contributed by atoms with Crippen molar-refractivity contribution in [1.82, 2.24) is 0 Å². The Hall–Kier alpha value is -2.40. The van der Waals surface area contributed by atoms with Gasteiger partial charge in [0.2, 0.25) is 5.75 Å². The van der Waals surface area contributed by atoms with Crippen LogP contribution in [0.4, 0.5) is 5.69 Å². The monoisotopic (exact) mass is 323 g/mol. The van der Waals surface area contributed by atoms with Crippen molar-refractivity contribution in [3.05, 3.63) is 47.5 Å². The number of methoxy groups -OCH3 is 3. The second-order valence-corrected chi connectivity index (χ2v) is 4.37. The van der Waals surface area contributed by atoms with Gasteiger partial charge in [0.15, 0.2) is 17.3 Å². The number of carbonyl (C=O) groups excluding carboxylic acids is 1. The van der Waals surface area contributed by atoms with Crippen molar-refractivity contribution in [3.63, 3.8) is 0 Å². The van der Waals surface area contributed by atoms with Gasteiger partial charge in [-0.25, -0.2) is 0 Å². The number of hydrogen-bond donors (Lipinski definition) is 1. The van der Waals surface area contributed by atoms with Gasteiger partial charge >= 0.3 is 0 Å². The molecule has 2 N–H and O–H groups in total. The highest BCUT2D eigenvalue weighted by molar-refractivity contribution is 6.10. The number of benzene rings is 2. The Morgan fingerprint density at radius 1 is 0.909 bits per heavy atom. The molecule has 5 nitrogen and oxygen atoms in total. The Labute approximate surface area is 135 Å². The van der Waals surface area contributed by atoms with Gasteiger partial charge in [-0.2, -0.15) is 0 Å². The summed E-state index contributed by atoms with van der Waals surface area (Å²) in [4.78, 5) is 12.5. The van der Waals surface area contributed by atoms with E-state index in [4.69, 9.17) is 19.9 Å². The number of hydrogen-bond acceptors (Lipinski definition) is 5. The number of nitrogen functional groups attached to an aromatic ring is 1. The molecule has 6 heteroatoms. The zero-order valence-electron chi connectivity index (χ0n) is 12.6. The summed E-state index contributed by atoms with van der Waals surface area (Å²) >= 11 is 0. The van der Waals surface area contributed by atoms with Crippen LogP contribution in [0.3, 0.4) is 0 Å². The SMILES string of the molecule is COc1cc(C(=O)c2cccc(N)c2)cc(OC)c1OC.Cl. The fourth-order valence-electron chi connectivity index (χ4n) is 2.06. The summed E-state index contributed by atoms with van der Waals surface area (Å²) in [6.07, 6.45) is 0. The summed E-state index contributed by atoms with van der Waals surface area (Å²) in [5.74, 6) is 1.15. The summed E-state index contributed by atoms with van der Waals surface area (Å²) in [6, 6.07) is 10.0. The van der Waals surface area contributed by atoms with E-state index in [-0.39, 0.29) is 18.2 Å². The van der Waals surface area contributed by atoms with E-state index in [2.05, 4.69) is 0 Å². The van der Waals surface area contributed by atoms with Gasteiger partial charge in [-0.15, -0.1) is 12.4 Å². The number of ketones is 1. The second kappa shape index (κ2) is 7.56. The maximum Gasteiger partial charge on any atom is 0.203 e. The Morgan fingerprint density at radius 2 is 1.50 bits per heavy atom. The van der Waals surface area contributed by atoms with Crippen molar-refractivity contribution in [2.24, 2.45) is 0 Å². The molecule has 2 rings (SSSR count). The minimum absolute atomic E-state index is 0. The van der Waals surface area contributed by atoms with Gasteiger partial charge in [-0.1, -0.05) is 12.1 Å². The predicted molar refractivity (Wildman–Crippen MR) is 87.6 cm³/mol. The van der Waals surface area contributed by atoms with Crippen LogP contribution in [0.5, 0.6) is 17.2 Å². The van der Waals surface area contributed by atoms with E-state index in [0.29, 0.717) is 34.1 Å². The van der Waals surface area contributed by atoms with Crippen LogP contribution in [-0.2, 0) is 0 Å². The number of ether oxygens (including phenoxy) is 3. The molecule has 0 aromatic heterocycles. The number of halogens is 1. The van der Waals surface area contributed by atoms with Crippen molar-refractivity contribution in [3.8, 4) is 17.2 Å². The first-order valence-corrected chi connectivity index (χ1v) is 6.31. The highest BCUT2D eigenvalue weighted by Gasteiger charge is 2.18. The molecule has 0 atom stereocenters. The third-order valence-electron chi connectivity index (χ3n) is 3.08. The molecular formula is C16H18ClNO4. The van der Waals surface area contributed by atoms with Gasteiger partial charge in [-0.05, 0) is 24.3 Å². The van der Waals surface area contributed by atoms with Gasteiger partial charge in [0.05, 0.1) is 21.3 Å². The molecule has 0 bridgehead atoms. The molecule has 22 heavy (non-hydrogen) atoms.